The molecule has 9 heteroatoms. The van der Waals surface area contributed by atoms with Gasteiger partial charge in [-0.05, 0) is 66.9 Å². The third kappa shape index (κ3) is 8.52. The molecule has 0 atom stereocenters. The summed E-state index contributed by atoms with van der Waals surface area (Å²) in [6.07, 6.45) is 3.14. The fraction of sp³-hybridized carbons (Fsp3) is 0.269. The number of carbonyl (C=O) groups is 1. The number of nitrogens with one attached hydrogen (secondary N) is 2. The summed E-state index contributed by atoms with van der Waals surface area (Å²) >= 11 is 0. The number of hydrogen-bond donors (Lipinski definition) is 2. The predicted octanol–water partition coefficient (Wildman–Crippen LogP) is 5.16. The number of carbonyl (C=O) groups excluding carboxylic acids is 1. The lowest BCUT2D eigenvalue weighted by Gasteiger charge is -2.09. The minimum Gasteiger partial charge on any atom is -0.355 e. The lowest BCUT2D eigenvalue weighted by atomic mass is 10.1. The molecule has 0 aliphatic rings. The van der Waals surface area contributed by atoms with Gasteiger partial charge in [0.2, 0.25) is 0 Å². The van der Waals surface area contributed by atoms with E-state index in [0.29, 0.717) is 16.1 Å². The molecule has 0 fully saturated rings. The second-order valence-corrected chi connectivity index (χ2v) is 11.7. The zero-order chi connectivity index (χ0) is 25.9. The van der Waals surface area contributed by atoms with Crippen molar-refractivity contribution in [1.82, 2.24) is 5.32 Å². The Labute approximate surface area is 211 Å². The van der Waals surface area contributed by atoms with Gasteiger partial charge in [0, 0.05) is 21.2 Å². The summed E-state index contributed by atoms with van der Waals surface area (Å²) in [4.78, 5) is 12.1. The molecule has 0 saturated carbocycles. The Morgan fingerprint density at radius 2 is 1.40 bits per heavy atom. The third-order valence-corrected chi connectivity index (χ3v) is 8.31. The number of aryl methyl sites for hydroxylation is 1. The van der Waals surface area contributed by atoms with Gasteiger partial charge in [-0.1, -0.05) is 50.6 Å². The average molecular weight is 521 g/mol. The molecule has 0 bridgehead atoms. The van der Waals surface area contributed by atoms with Gasteiger partial charge in [-0.15, -0.1) is 0 Å². The highest BCUT2D eigenvalue weighted by Crippen LogP contribution is 2.18. The molecule has 0 aromatic heterocycles. The van der Waals surface area contributed by atoms with E-state index in [2.05, 4.69) is 17.0 Å². The molecule has 0 saturated heterocycles. The zero-order valence-electron chi connectivity index (χ0n) is 20.2. The Bertz CT molecular complexity index is 1300. The highest BCUT2D eigenvalue weighted by Gasteiger charge is 2.14. The lowest BCUT2D eigenvalue weighted by molar-refractivity contribution is 0.0963. The normalized spacial score (nSPS) is 11.2. The molecule has 192 valence electrons. The van der Waals surface area contributed by atoms with Crippen molar-refractivity contribution >= 4 is 31.5 Å². The molecule has 3 aromatic carbocycles. The van der Waals surface area contributed by atoms with Crippen LogP contribution in [-0.2, 0) is 26.3 Å². The van der Waals surface area contributed by atoms with E-state index in [4.69, 9.17) is 0 Å². The number of rotatable bonds is 9. The van der Waals surface area contributed by atoms with Gasteiger partial charge in [-0.25, -0.2) is 16.8 Å². The fourth-order valence-corrected chi connectivity index (χ4v) is 5.02. The number of hydrogen-bond acceptors (Lipinski definition) is 5. The molecule has 3 aromatic rings. The first-order chi connectivity index (χ1) is 16.6. The number of anilines is 1. The summed E-state index contributed by atoms with van der Waals surface area (Å²) in [7, 11) is -5.09. The summed E-state index contributed by atoms with van der Waals surface area (Å²) < 4.78 is 49.7. The van der Waals surface area contributed by atoms with Crippen molar-refractivity contribution in [2.24, 2.45) is 0 Å². The van der Waals surface area contributed by atoms with Crippen LogP contribution in [0.2, 0.25) is 0 Å². The second kappa shape index (κ2) is 13.1. The van der Waals surface area contributed by atoms with E-state index in [1.165, 1.54) is 0 Å². The summed E-state index contributed by atoms with van der Waals surface area (Å²) in [5.41, 5.74) is 2.02. The van der Waals surface area contributed by atoms with E-state index >= 15 is 0 Å². The number of benzene rings is 3. The monoisotopic (exact) mass is 520 g/mol. The van der Waals surface area contributed by atoms with Crippen LogP contribution in [0.25, 0.3) is 0 Å². The number of sulfone groups is 1. The molecule has 2 N–H and O–H groups in total. The largest absolute Gasteiger partial charge is 0.355 e. The van der Waals surface area contributed by atoms with Crippen molar-refractivity contribution in [3.63, 3.8) is 0 Å². The summed E-state index contributed by atoms with van der Waals surface area (Å²) in [6, 6.07) is 21.7. The number of unbranched alkanes of at least 4 members (excludes halogenated alkanes) is 1. The van der Waals surface area contributed by atoms with Gasteiger partial charge in [0.15, 0.2) is 9.84 Å². The van der Waals surface area contributed by atoms with Crippen LogP contribution in [0.15, 0.2) is 88.7 Å². The van der Waals surface area contributed by atoms with Gasteiger partial charge in [0.05, 0.1) is 15.5 Å². The predicted molar refractivity (Wildman–Crippen MR) is 144 cm³/mol. The summed E-state index contributed by atoms with van der Waals surface area (Å²) in [5.74, 6) is -0.0520. The Balaban J connectivity index is 0.000000845. The maximum atomic E-state index is 12.4. The zero-order valence-corrected chi connectivity index (χ0v) is 21.8. The van der Waals surface area contributed by atoms with E-state index in [0.717, 1.165) is 24.8 Å². The average Bonchev–Trinajstić information content (AvgIpc) is 2.88. The first kappa shape index (κ1) is 28.1. The van der Waals surface area contributed by atoms with Gasteiger partial charge in [0.25, 0.3) is 15.9 Å². The van der Waals surface area contributed by atoms with Gasteiger partial charge < -0.3 is 5.32 Å². The second-order valence-electron chi connectivity index (χ2n) is 7.73. The van der Waals surface area contributed by atoms with Crippen LogP contribution < -0.4 is 10.0 Å². The minimum atomic E-state index is -3.64. The van der Waals surface area contributed by atoms with Crippen LogP contribution in [0.3, 0.4) is 0 Å². The molecular formula is C26H36N2O5S2. The molecule has 1 amide bonds. The molecule has 0 radical (unpaired) electrons. The van der Waals surface area contributed by atoms with Crippen molar-refractivity contribution in [3.8, 4) is 0 Å². The maximum absolute atomic E-state index is 12.4. The minimum absolute atomic E-state index is 0. The smallest absolute Gasteiger partial charge is 0.261 e. The Morgan fingerprint density at radius 1 is 0.800 bits per heavy atom. The van der Waals surface area contributed by atoms with Gasteiger partial charge in [0.1, 0.15) is 0 Å². The quantitative estimate of drug-likeness (QED) is 0.405. The Morgan fingerprint density at radius 3 is 1.91 bits per heavy atom. The number of amides is 1. The highest BCUT2D eigenvalue weighted by molar-refractivity contribution is 7.92. The van der Waals surface area contributed by atoms with E-state index in [9.17, 15) is 21.6 Å². The van der Waals surface area contributed by atoms with E-state index in [-0.39, 0.29) is 19.4 Å². The van der Waals surface area contributed by atoms with Gasteiger partial charge >= 0.3 is 0 Å². The van der Waals surface area contributed by atoms with Crippen LogP contribution in [0, 0.1) is 0 Å². The van der Waals surface area contributed by atoms with E-state index in [1.807, 2.05) is 12.1 Å². The van der Waals surface area contributed by atoms with Crippen LogP contribution in [0.5, 0.6) is 0 Å². The topological polar surface area (TPSA) is 109 Å². The number of sulfonamides is 1. The molecule has 0 aliphatic heterocycles. The molecule has 0 unspecified atom stereocenters. The molecule has 7 nitrogen and oxygen atoms in total. The van der Waals surface area contributed by atoms with E-state index in [1.54, 1.807) is 80.7 Å². The van der Waals surface area contributed by atoms with Crippen LogP contribution in [0.1, 0.15) is 45.5 Å². The standard InChI is InChI=1S/C18H22N2O3S.C8H10O2S.2H2/c1-3-4-5-14-6-12-17(13-7-14)24(22,23)20-16-10-8-15(9-11-16)18(21)19-2;1-2-11(9,10)8-6-4-3-5-7-8;;/h6-13,20H,3-5H2,1-2H3,(H,19,21);3-7H,2H2,1H3;2*1H. The molecular weight excluding hydrogens is 484 g/mol. The van der Waals surface area contributed by atoms with Crippen molar-refractivity contribution < 1.29 is 24.5 Å². The van der Waals surface area contributed by atoms with Crippen LogP contribution >= 0.6 is 0 Å². The maximum Gasteiger partial charge on any atom is 0.261 e. The summed E-state index contributed by atoms with van der Waals surface area (Å²) in [5, 5.41) is 2.52. The van der Waals surface area contributed by atoms with Gasteiger partial charge in [-0.3, -0.25) is 9.52 Å². The SMILES string of the molecule is CCCCc1ccc(S(=O)(=O)Nc2ccc(C(=O)NC)cc2)cc1.CCS(=O)(=O)c1ccccc1.[HH].[HH]. The third-order valence-electron chi connectivity index (χ3n) is 5.16. The first-order valence-corrected chi connectivity index (χ1v) is 14.5. The molecule has 0 aliphatic carbocycles. The van der Waals surface area contributed by atoms with Crippen LogP contribution in [0.4, 0.5) is 5.69 Å². The van der Waals surface area contributed by atoms with Crippen molar-refractivity contribution in [2.75, 3.05) is 17.5 Å². The fourth-order valence-electron chi connectivity index (χ4n) is 3.06. The van der Waals surface area contributed by atoms with Crippen molar-refractivity contribution in [1.29, 1.82) is 0 Å². The molecule has 0 spiro atoms. The first-order valence-electron chi connectivity index (χ1n) is 11.3. The molecule has 3 rings (SSSR count). The molecule has 0 heterocycles. The molecule has 35 heavy (non-hydrogen) atoms. The van der Waals surface area contributed by atoms with Crippen LogP contribution in [-0.4, -0.2) is 35.5 Å². The van der Waals surface area contributed by atoms with Gasteiger partial charge in [-0.2, -0.15) is 0 Å². The van der Waals surface area contributed by atoms with E-state index < -0.39 is 19.9 Å². The lowest BCUT2D eigenvalue weighted by Crippen LogP contribution is -2.18. The Kier molecular flexibility index (Phi) is 10.5. The van der Waals surface area contributed by atoms with Crippen molar-refractivity contribution in [2.45, 2.75) is 42.9 Å². The van der Waals surface area contributed by atoms with Crippen molar-refractivity contribution in [3.05, 3.63) is 90.0 Å². The highest BCUT2D eigenvalue weighted by atomic mass is 32.2. The summed E-state index contributed by atoms with van der Waals surface area (Å²) in [6.45, 7) is 3.76. The Hall–Kier alpha value is -3.17.